The van der Waals surface area contributed by atoms with Crippen LogP contribution in [-0.2, 0) is 21.1 Å². The van der Waals surface area contributed by atoms with Crippen LogP contribution in [0.15, 0.2) is 73.3 Å². The molecule has 1 aromatic carbocycles. The fourth-order valence-corrected chi connectivity index (χ4v) is 5.89. The van der Waals surface area contributed by atoms with E-state index in [0.29, 0.717) is 35.8 Å². The number of carbonyl (C=O) groups is 4. The molecule has 4 N–H and O–H groups in total. The van der Waals surface area contributed by atoms with Crippen molar-refractivity contribution in [3.63, 3.8) is 0 Å². The molecule has 0 radical (unpaired) electrons. The van der Waals surface area contributed by atoms with Crippen LogP contribution in [-0.4, -0.2) is 79.3 Å². The number of rotatable bonds is 10. The van der Waals surface area contributed by atoms with E-state index in [0.717, 1.165) is 10.8 Å². The second kappa shape index (κ2) is 14.0. The summed E-state index contributed by atoms with van der Waals surface area (Å²) in [7, 11) is 5.01. The number of hydrogen-bond donors (Lipinski definition) is 4. The largest absolute Gasteiger partial charge is 0.349 e. The van der Waals surface area contributed by atoms with Crippen molar-refractivity contribution in [3.05, 3.63) is 96.1 Å². The second-order valence-corrected chi connectivity index (χ2v) is 12.4. The van der Waals surface area contributed by atoms with Gasteiger partial charge >= 0.3 is 0 Å². The van der Waals surface area contributed by atoms with Crippen LogP contribution in [0.2, 0.25) is 0 Å². The van der Waals surface area contributed by atoms with Crippen molar-refractivity contribution in [2.45, 2.75) is 18.8 Å². The van der Waals surface area contributed by atoms with Gasteiger partial charge < -0.3 is 39.9 Å². The summed E-state index contributed by atoms with van der Waals surface area (Å²) >= 11 is 0. The summed E-state index contributed by atoms with van der Waals surface area (Å²) < 4.78 is 31.5. The number of fused-ring (bicyclic) bond motifs is 1. The SMILES string of the molecule is Cn1cc(NC(=O)c2cc(NC(=O)c3cc(NC(=O)c4cc5ccccc5cn4)cn3C)cn2C)cc1C(=O)NCCN1CCC(F)(F)CC1. The fourth-order valence-electron chi connectivity index (χ4n) is 5.89. The van der Waals surface area contributed by atoms with E-state index < -0.39 is 23.6 Å². The number of alkyl halides is 2. The van der Waals surface area contributed by atoms with Crippen molar-refractivity contribution >= 4 is 51.5 Å². The van der Waals surface area contributed by atoms with Gasteiger partial charge in [0.1, 0.15) is 22.8 Å². The normalized spacial score (nSPS) is 14.3. The molecule has 5 aromatic rings. The van der Waals surface area contributed by atoms with E-state index >= 15 is 0 Å². The zero-order chi connectivity index (χ0) is 35.6. The first kappa shape index (κ1) is 34.0. The molecule has 15 heteroatoms. The highest BCUT2D eigenvalue weighted by Gasteiger charge is 2.33. The highest BCUT2D eigenvalue weighted by Crippen LogP contribution is 2.27. The van der Waals surface area contributed by atoms with E-state index in [1.165, 1.54) is 6.07 Å². The lowest BCUT2D eigenvalue weighted by atomic mass is 10.1. The molecule has 0 unspecified atom stereocenters. The first-order chi connectivity index (χ1) is 23.8. The molecule has 4 amide bonds. The number of carbonyl (C=O) groups excluding carboxylic acids is 4. The van der Waals surface area contributed by atoms with Crippen LogP contribution in [0.1, 0.15) is 54.8 Å². The van der Waals surface area contributed by atoms with Crippen molar-refractivity contribution < 1.29 is 28.0 Å². The first-order valence-electron chi connectivity index (χ1n) is 16.0. The molecule has 260 valence electrons. The van der Waals surface area contributed by atoms with Gasteiger partial charge in [0.15, 0.2) is 0 Å². The van der Waals surface area contributed by atoms with E-state index in [1.54, 1.807) is 77.8 Å². The number of hydrogen-bond acceptors (Lipinski definition) is 6. The summed E-state index contributed by atoms with van der Waals surface area (Å²) in [6, 6.07) is 13.9. The minimum atomic E-state index is -2.62. The fraction of sp³-hybridized carbons (Fsp3) is 0.286. The number of aryl methyl sites for hydroxylation is 3. The zero-order valence-electron chi connectivity index (χ0n) is 27.8. The summed E-state index contributed by atoms with van der Waals surface area (Å²) in [6.45, 7) is 1.34. The Morgan fingerprint density at radius 2 is 1.18 bits per heavy atom. The van der Waals surface area contributed by atoms with Crippen LogP contribution in [0.5, 0.6) is 0 Å². The minimum Gasteiger partial charge on any atom is -0.349 e. The number of pyridine rings is 1. The number of nitrogens with one attached hydrogen (secondary N) is 4. The number of benzene rings is 1. The van der Waals surface area contributed by atoms with Gasteiger partial charge in [0.25, 0.3) is 29.6 Å². The number of aromatic nitrogens is 4. The van der Waals surface area contributed by atoms with E-state index in [4.69, 9.17) is 0 Å². The van der Waals surface area contributed by atoms with Gasteiger partial charge in [-0.3, -0.25) is 24.2 Å². The molecular weight excluding hydrogens is 648 g/mol. The minimum absolute atomic E-state index is 0.183. The topological polar surface area (TPSA) is 147 Å². The first-order valence-corrected chi connectivity index (χ1v) is 16.0. The van der Waals surface area contributed by atoms with E-state index in [1.807, 2.05) is 29.2 Å². The molecule has 1 aliphatic heterocycles. The van der Waals surface area contributed by atoms with Crippen LogP contribution < -0.4 is 21.3 Å². The summed E-state index contributed by atoms with van der Waals surface area (Å²) in [5, 5.41) is 13.0. The summed E-state index contributed by atoms with van der Waals surface area (Å²) in [6.07, 6.45) is 6.08. The van der Waals surface area contributed by atoms with Crippen molar-refractivity contribution in [2.75, 3.05) is 42.1 Å². The van der Waals surface area contributed by atoms with Crippen molar-refractivity contribution in [2.24, 2.45) is 21.1 Å². The molecule has 0 atom stereocenters. The van der Waals surface area contributed by atoms with E-state index in [9.17, 15) is 28.0 Å². The van der Waals surface area contributed by atoms with Crippen molar-refractivity contribution in [1.29, 1.82) is 0 Å². The van der Waals surface area contributed by atoms with Crippen LogP contribution in [0, 0.1) is 0 Å². The molecule has 1 aliphatic rings. The Morgan fingerprint density at radius 3 is 1.72 bits per heavy atom. The summed E-state index contributed by atoms with van der Waals surface area (Å²) in [4.78, 5) is 58.2. The molecule has 4 aromatic heterocycles. The number of anilines is 3. The number of amides is 4. The molecular formula is C35H37F2N9O4. The number of nitrogens with zero attached hydrogens (tertiary/aromatic N) is 5. The molecule has 0 spiro atoms. The van der Waals surface area contributed by atoms with E-state index in [-0.39, 0.29) is 48.9 Å². The third kappa shape index (κ3) is 7.73. The van der Waals surface area contributed by atoms with Gasteiger partial charge in [0.2, 0.25) is 0 Å². The summed E-state index contributed by atoms with van der Waals surface area (Å²) in [5.74, 6) is -4.30. The molecule has 5 heterocycles. The number of likely N-dealkylation sites (tertiary alicyclic amines) is 1. The lowest BCUT2D eigenvalue weighted by Gasteiger charge is -2.31. The maximum absolute atomic E-state index is 13.4. The molecule has 50 heavy (non-hydrogen) atoms. The van der Waals surface area contributed by atoms with Gasteiger partial charge in [-0.25, -0.2) is 8.78 Å². The van der Waals surface area contributed by atoms with Crippen LogP contribution in [0.4, 0.5) is 25.8 Å². The average molecular weight is 686 g/mol. The molecule has 1 fully saturated rings. The Kier molecular flexibility index (Phi) is 9.50. The van der Waals surface area contributed by atoms with Crippen molar-refractivity contribution in [3.8, 4) is 0 Å². The monoisotopic (exact) mass is 685 g/mol. The maximum Gasteiger partial charge on any atom is 0.274 e. The zero-order valence-corrected chi connectivity index (χ0v) is 27.8. The quantitative estimate of drug-likeness (QED) is 0.171. The predicted octanol–water partition coefficient (Wildman–Crippen LogP) is 4.47. The third-order valence-corrected chi connectivity index (χ3v) is 8.65. The Balaban J connectivity index is 1.03. The molecule has 1 saturated heterocycles. The second-order valence-electron chi connectivity index (χ2n) is 12.4. The lowest BCUT2D eigenvalue weighted by molar-refractivity contribution is -0.0547. The van der Waals surface area contributed by atoms with Gasteiger partial charge in [-0.1, -0.05) is 24.3 Å². The Hall–Kier alpha value is -5.83. The average Bonchev–Trinajstić information content (AvgIpc) is 3.76. The smallest absolute Gasteiger partial charge is 0.274 e. The Morgan fingerprint density at radius 1 is 0.700 bits per heavy atom. The van der Waals surface area contributed by atoms with Gasteiger partial charge in [-0.2, -0.15) is 0 Å². The van der Waals surface area contributed by atoms with Crippen molar-refractivity contribution in [1.82, 2.24) is 28.9 Å². The van der Waals surface area contributed by atoms with Crippen LogP contribution >= 0.6 is 0 Å². The number of halogens is 2. The van der Waals surface area contributed by atoms with Crippen LogP contribution in [0.3, 0.4) is 0 Å². The standard InChI is InChI=1S/C35H37F2N9O4/c1-43-20-25(15-28(43)32(48)38-10-13-46-11-8-35(36,37)9-12-46)41-34(50)30-17-26(21-45(30)3)42-33(49)29-16-24(19-44(29)2)40-31(47)27-14-22-6-4-5-7-23(22)18-39-27/h4-7,14-21H,8-13H2,1-3H3,(H,38,48)(H,40,47)(H,41,50)(H,42,49). The van der Waals surface area contributed by atoms with Crippen LogP contribution in [0.25, 0.3) is 10.8 Å². The molecule has 0 saturated carbocycles. The Bertz CT molecular complexity index is 2090. The lowest BCUT2D eigenvalue weighted by Crippen LogP contribution is -2.43. The Labute approximate surface area is 286 Å². The highest BCUT2D eigenvalue weighted by molar-refractivity contribution is 6.09. The predicted molar refractivity (Wildman–Crippen MR) is 185 cm³/mol. The van der Waals surface area contributed by atoms with Gasteiger partial charge in [0, 0.05) is 90.3 Å². The molecule has 13 nitrogen and oxygen atoms in total. The third-order valence-electron chi connectivity index (χ3n) is 8.65. The highest BCUT2D eigenvalue weighted by atomic mass is 19.3. The number of piperidine rings is 1. The summed E-state index contributed by atoms with van der Waals surface area (Å²) in [5.41, 5.74) is 2.27. The molecule has 0 aliphatic carbocycles. The van der Waals surface area contributed by atoms with Gasteiger partial charge in [-0.15, -0.1) is 0 Å². The molecule has 6 rings (SSSR count). The molecule has 0 bridgehead atoms. The maximum atomic E-state index is 13.4. The van der Waals surface area contributed by atoms with Gasteiger partial charge in [0.05, 0.1) is 17.1 Å². The van der Waals surface area contributed by atoms with Gasteiger partial charge in [-0.05, 0) is 29.7 Å². The van der Waals surface area contributed by atoms with E-state index in [2.05, 4.69) is 26.3 Å².